The number of carbonyl (C=O) groups is 1. The molecular weight excluding hydrogens is 388 g/mol. The summed E-state index contributed by atoms with van der Waals surface area (Å²) in [6.07, 6.45) is 9.84. The molecule has 0 unspecified atom stereocenters. The van der Waals surface area contributed by atoms with Crippen LogP contribution < -0.4 is 10.5 Å². The van der Waals surface area contributed by atoms with E-state index in [0.29, 0.717) is 24.9 Å². The van der Waals surface area contributed by atoms with Crippen LogP contribution in [-0.4, -0.2) is 30.4 Å². The first-order valence-electron chi connectivity index (χ1n) is 10.3. The molecule has 1 heterocycles. The topological polar surface area (TPSA) is 107 Å². The van der Waals surface area contributed by atoms with Crippen LogP contribution in [0.4, 0.5) is 0 Å². The molecular formula is C21H30N4O3S. The van der Waals surface area contributed by atoms with E-state index in [-0.39, 0.29) is 10.8 Å². The first kappa shape index (κ1) is 21.5. The minimum Gasteiger partial charge on any atom is -0.356 e. The number of carbonyl (C=O) groups excluding carboxylic acids is 1. The van der Waals surface area contributed by atoms with Crippen LogP contribution in [-0.2, 0) is 27.8 Å². The highest BCUT2D eigenvalue weighted by molar-refractivity contribution is 7.89. The second-order valence-electron chi connectivity index (χ2n) is 7.58. The van der Waals surface area contributed by atoms with Gasteiger partial charge < -0.3 is 9.88 Å². The molecule has 8 heteroatoms. The van der Waals surface area contributed by atoms with E-state index in [2.05, 4.69) is 27.9 Å². The number of hydrogen-bond acceptors (Lipinski definition) is 4. The van der Waals surface area contributed by atoms with Gasteiger partial charge in [-0.1, -0.05) is 18.6 Å². The number of rotatable bonds is 9. The fourth-order valence-electron chi connectivity index (χ4n) is 3.81. The van der Waals surface area contributed by atoms with Gasteiger partial charge in [0, 0.05) is 25.9 Å². The Hall–Kier alpha value is -2.19. The van der Waals surface area contributed by atoms with E-state index in [4.69, 9.17) is 5.14 Å². The quantitative estimate of drug-likeness (QED) is 0.610. The molecule has 0 bridgehead atoms. The summed E-state index contributed by atoms with van der Waals surface area (Å²) in [5, 5.41) is 8.23. The Bertz CT molecular complexity index is 1010. The van der Waals surface area contributed by atoms with E-state index in [0.717, 1.165) is 43.6 Å². The van der Waals surface area contributed by atoms with E-state index in [1.54, 1.807) is 6.07 Å². The van der Waals surface area contributed by atoms with Crippen molar-refractivity contribution in [3.8, 4) is 0 Å². The largest absolute Gasteiger partial charge is 0.356 e. The van der Waals surface area contributed by atoms with Crippen LogP contribution in [0.15, 0.2) is 34.7 Å². The molecule has 1 amide bonds. The molecule has 1 aliphatic carbocycles. The summed E-state index contributed by atoms with van der Waals surface area (Å²) >= 11 is 0. The number of hydrogen-bond donors (Lipinski definition) is 2. The number of aryl methyl sites for hydroxylation is 2. The van der Waals surface area contributed by atoms with E-state index in [1.165, 1.54) is 30.5 Å². The molecule has 0 atom stereocenters. The molecule has 0 saturated carbocycles. The van der Waals surface area contributed by atoms with Gasteiger partial charge in [-0.05, 0) is 56.7 Å². The van der Waals surface area contributed by atoms with Crippen molar-refractivity contribution in [3.05, 3.63) is 35.7 Å². The number of aromatic nitrogens is 2. The zero-order valence-electron chi connectivity index (χ0n) is 17.0. The van der Waals surface area contributed by atoms with E-state index >= 15 is 0 Å². The smallest absolute Gasteiger partial charge is 0.238 e. The van der Waals surface area contributed by atoms with Crippen molar-refractivity contribution in [1.29, 1.82) is 0 Å². The van der Waals surface area contributed by atoms with E-state index in [9.17, 15) is 13.2 Å². The van der Waals surface area contributed by atoms with Crippen LogP contribution in [0.25, 0.3) is 11.0 Å². The van der Waals surface area contributed by atoms with Gasteiger partial charge in [-0.15, -0.1) is 0 Å². The summed E-state index contributed by atoms with van der Waals surface area (Å²) in [7, 11) is -3.77. The Balaban J connectivity index is 1.64. The van der Waals surface area contributed by atoms with Gasteiger partial charge in [0.05, 0.1) is 15.9 Å². The van der Waals surface area contributed by atoms with Crippen molar-refractivity contribution in [2.45, 2.75) is 69.7 Å². The zero-order chi connectivity index (χ0) is 20.9. The van der Waals surface area contributed by atoms with Gasteiger partial charge >= 0.3 is 0 Å². The molecule has 0 spiro atoms. The van der Waals surface area contributed by atoms with E-state index < -0.39 is 10.0 Å². The van der Waals surface area contributed by atoms with Gasteiger partial charge in [-0.2, -0.15) is 0 Å². The van der Waals surface area contributed by atoms with Gasteiger partial charge in [-0.25, -0.2) is 18.5 Å². The van der Waals surface area contributed by atoms with Crippen LogP contribution >= 0.6 is 0 Å². The molecule has 0 radical (unpaired) electrons. The third-order valence-electron chi connectivity index (χ3n) is 5.30. The lowest BCUT2D eigenvalue weighted by molar-refractivity contribution is -0.121. The van der Waals surface area contributed by atoms with Crippen molar-refractivity contribution < 1.29 is 13.2 Å². The minimum atomic E-state index is -3.77. The number of amides is 1. The fraction of sp³-hybridized carbons (Fsp3) is 0.524. The number of nitrogens with one attached hydrogen (secondary N) is 1. The molecule has 158 valence electrons. The number of benzene rings is 1. The molecule has 0 fully saturated rings. The molecule has 29 heavy (non-hydrogen) atoms. The molecule has 3 rings (SSSR count). The summed E-state index contributed by atoms with van der Waals surface area (Å²) in [6.45, 7) is 3.51. The Morgan fingerprint density at radius 2 is 2.10 bits per heavy atom. The number of nitrogens with zero attached hydrogens (tertiary/aromatic N) is 2. The maximum atomic E-state index is 12.3. The summed E-state index contributed by atoms with van der Waals surface area (Å²) in [6, 6.07) is 4.74. The molecule has 1 aromatic heterocycles. The third-order valence-corrected chi connectivity index (χ3v) is 6.21. The van der Waals surface area contributed by atoms with Crippen LogP contribution in [0.3, 0.4) is 0 Å². The van der Waals surface area contributed by atoms with Gasteiger partial charge in [0.15, 0.2) is 0 Å². The molecule has 0 aliphatic heterocycles. The molecule has 7 nitrogen and oxygen atoms in total. The predicted molar refractivity (Wildman–Crippen MR) is 114 cm³/mol. The second-order valence-corrected chi connectivity index (χ2v) is 9.14. The Morgan fingerprint density at radius 1 is 1.28 bits per heavy atom. The Kier molecular flexibility index (Phi) is 7.08. The number of sulfonamides is 1. The third kappa shape index (κ3) is 5.67. The normalized spacial score (nSPS) is 14.8. The summed E-state index contributed by atoms with van der Waals surface area (Å²) in [5.41, 5.74) is 2.90. The standard InChI is InChI=1S/C21H30N4O3S/c1-2-14-25-19-9-8-17(29(22,27)28)15-18(19)24-20(25)10-11-21(26)23-13-12-16-6-4-3-5-7-16/h6,8-9,15H,2-5,7,10-14H2,1H3,(H,23,26)(H2,22,27,28). The average Bonchev–Trinajstić information content (AvgIpc) is 3.04. The van der Waals surface area contributed by atoms with E-state index in [1.807, 2.05) is 0 Å². The zero-order valence-corrected chi connectivity index (χ0v) is 17.8. The first-order valence-corrected chi connectivity index (χ1v) is 11.9. The monoisotopic (exact) mass is 418 g/mol. The summed E-state index contributed by atoms with van der Waals surface area (Å²) in [4.78, 5) is 16.9. The fourth-order valence-corrected chi connectivity index (χ4v) is 4.34. The number of allylic oxidation sites excluding steroid dienone is 1. The number of primary sulfonamides is 1. The summed E-state index contributed by atoms with van der Waals surface area (Å²) in [5.74, 6) is 0.806. The van der Waals surface area contributed by atoms with Crippen molar-refractivity contribution in [3.63, 3.8) is 0 Å². The van der Waals surface area contributed by atoms with Crippen molar-refractivity contribution >= 4 is 27.0 Å². The number of nitrogens with two attached hydrogens (primary N) is 1. The summed E-state index contributed by atoms with van der Waals surface area (Å²) < 4.78 is 25.3. The Labute approximate surface area is 172 Å². The Morgan fingerprint density at radius 3 is 2.79 bits per heavy atom. The highest BCUT2D eigenvalue weighted by Gasteiger charge is 2.15. The van der Waals surface area contributed by atoms with Gasteiger partial charge in [-0.3, -0.25) is 4.79 Å². The SMILES string of the molecule is CCCn1c(CCC(=O)NCCC2=CCCCC2)nc2cc(S(N)(=O)=O)ccc21. The maximum Gasteiger partial charge on any atom is 0.238 e. The minimum absolute atomic E-state index is 0.0155. The highest BCUT2D eigenvalue weighted by Crippen LogP contribution is 2.22. The van der Waals surface area contributed by atoms with Gasteiger partial charge in [0.1, 0.15) is 5.82 Å². The van der Waals surface area contributed by atoms with Crippen LogP contribution in [0.5, 0.6) is 0 Å². The van der Waals surface area contributed by atoms with Crippen molar-refractivity contribution in [1.82, 2.24) is 14.9 Å². The molecule has 0 saturated heterocycles. The lowest BCUT2D eigenvalue weighted by Gasteiger charge is -2.13. The number of fused-ring (bicyclic) bond motifs is 1. The number of imidazole rings is 1. The molecule has 1 aromatic carbocycles. The van der Waals surface area contributed by atoms with Crippen LogP contribution in [0.1, 0.15) is 57.7 Å². The lowest BCUT2D eigenvalue weighted by atomic mass is 9.97. The van der Waals surface area contributed by atoms with Crippen molar-refractivity contribution in [2.75, 3.05) is 6.54 Å². The lowest BCUT2D eigenvalue weighted by Crippen LogP contribution is -2.25. The predicted octanol–water partition coefficient (Wildman–Crippen LogP) is 3.03. The second kappa shape index (κ2) is 9.54. The maximum absolute atomic E-state index is 12.3. The van der Waals surface area contributed by atoms with Gasteiger partial charge in [0.2, 0.25) is 15.9 Å². The van der Waals surface area contributed by atoms with Crippen molar-refractivity contribution in [2.24, 2.45) is 5.14 Å². The first-order chi connectivity index (χ1) is 13.9. The molecule has 3 N–H and O–H groups in total. The van der Waals surface area contributed by atoms with Crippen LogP contribution in [0.2, 0.25) is 0 Å². The molecule has 1 aliphatic rings. The molecule has 2 aromatic rings. The van der Waals surface area contributed by atoms with Gasteiger partial charge in [0.25, 0.3) is 0 Å². The van der Waals surface area contributed by atoms with Crippen LogP contribution in [0, 0.1) is 0 Å². The highest BCUT2D eigenvalue weighted by atomic mass is 32.2. The average molecular weight is 419 g/mol.